The number of piperidine rings is 1. The summed E-state index contributed by atoms with van der Waals surface area (Å²) in [6, 6.07) is 0.210. The number of hydrogen-bond acceptors (Lipinski definition) is 2. The van der Waals surface area contributed by atoms with Gasteiger partial charge in [-0.3, -0.25) is 4.90 Å². The monoisotopic (exact) mass is 197 g/mol. The Morgan fingerprint density at radius 2 is 1.93 bits per heavy atom. The van der Waals surface area contributed by atoms with Gasteiger partial charge in [-0.25, -0.2) is 0 Å². The Morgan fingerprint density at radius 3 is 2.50 bits per heavy atom. The van der Waals surface area contributed by atoms with Crippen LogP contribution in [0.3, 0.4) is 0 Å². The average molecular weight is 197 g/mol. The van der Waals surface area contributed by atoms with E-state index in [9.17, 15) is 4.79 Å². The van der Waals surface area contributed by atoms with Gasteiger partial charge in [0.2, 0.25) is 0 Å². The molecule has 0 aliphatic carbocycles. The van der Waals surface area contributed by atoms with Gasteiger partial charge in [0.05, 0.1) is 6.04 Å². The number of likely N-dealkylation sites (tertiary alicyclic amines) is 1. The van der Waals surface area contributed by atoms with Crippen LogP contribution in [0.2, 0.25) is 0 Å². The molecule has 0 spiro atoms. The van der Waals surface area contributed by atoms with Gasteiger partial charge in [-0.05, 0) is 32.4 Å². The summed E-state index contributed by atoms with van der Waals surface area (Å²) in [5.41, 5.74) is 0. The molecule has 0 radical (unpaired) electrons. The Balaban J connectivity index is 2.24. The topological polar surface area (TPSA) is 20.3 Å². The lowest BCUT2D eigenvalue weighted by molar-refractivity contribution is -0.113. The molecule has 1 fully saturated rings. The molecule has 1 heterocycles. The minimum Gasteiger partial charge on any atom is -0.302 e. The van der Waals surface area contributed by atoms with Crippen molar-refractivity contribution < 1.29 is 4.79 Å². The number of rotatable bonds is 6. The van der Waals surface area contributed by atoms with Gasteiger partial charge < -0.3 is 4.79 Å². The smallest absolute Gasteiger partial charge is 0.137 e. The van der Waals surface area contributed by atoms with Crippen LogP contribution in [-0.4, -0.2) is 30.3 Å². The highest BCUT2D eigenvalue weighted by Gasteiger charge is 2.18. The first-order valence-electron chi connectivity index (χ1n) is 6.08. The molecule has 0 amide bonds. The van der Waals surface area contributed by atoms with Crippen LogP contribution in [0.1, 0.15) is 51.9 Å². The molecule has 0 aromatic heterocycles. The largest absolute Gasteiger partial charge is 0.302 e. The highest BCUT2D eigenvalue weighted by Crippen LogP contribution is 2.15. The summed E-state index contributed by atoms with van der Waals surface area (Å²) in [7, 11) is 0. The fourth-order valence-corrected chi connectivity index (χ4v) is 2.19. The van der Waals surface area contributed by atoms with Gasteiger partial charge in [0.1, 0.15) is 6.29 Å². The van der Waals surface area contributed by atoms with E-state index in [1.807, 2.05) is 0 Å². The second-order valence-electron chi connectivity index (χ2n) is 4.30. The summed E-state index contributed by atoms with van der Waals surface area (Å²) in [5.74, 6) is 0. The minimum absolute atomic E-state index is 0.210. The number of carbonyl (C=O) groups is 1. The molecular weight excluding hydrogens is 174 g/mol. The third-order valence-electron chi connectivity index (χ3n) is 3.12. The lowest BCUT2D eigenvalue weighted by Crippen LogP contribution is -2.40. The number of unbranched alkanes of at least 4 members (excludes halogenated alkanes) is 2. The molecule has 1 saturated heterocycles. The second-order valence-corrected chi connectivity index (χ2v) is 4.30. The van der Waals surface area contributed by atoms with Gasteiger partial charge in [-0.15, -0.1) is 0 Å². The third kappa shape index (κ3) is 3.79. The first kappa shape index (κ1) is 11.7. The fraction of sp³-hybridized carbons (Fsp3) is 0.917. The predicted octanol–water partition coefficient (Wildman–Crippen LogP) is 2.62. The van der Waals surface area contributed by atoms with E-state index in [2.05, 4.69) is 11.8 Å². The first-order chi connectivity index (χ1) is 6.88. The van der Waals surface area contributed by atoms with Crippen molar-refractivity contribution in [1.82, 2.24) is 4.90 Å². The lowest BCUT2D eigenvalue weighted by atomic mass is 10.0. The van der Waals surface area contributed by atoms with Crippen molar-refractivity contribution in [1.29, 1.82) is 0 Å². The van der Waals surface area contributed by atoms with E-state index in [0.717, 1.165) is 25.8 Å². The van der Waals surface area contributed by atoms with Crippen molar-refractivity contribution in [3.05, 3.63) is 0 Å². The standard InChI is InChI=1S/C12H23NO/c1-2-3-5-8-12(11-14)13-9-6-4-7-10-13/h11-12H,2-10H2,1H3. The quantitative estimate of drug-likeness (QED) is 0.482. The van der Waals surface area contributed by atoms with Crippen LogP contribution in [0, 0.1) is 0 Å². The Morgan fingerprint density at radius 1 is 1.21 bits per heavy atom. The normalized spacial score (nSPS) is 20.6. The van der Waals surface area contributed by atoms with Crippen LogP contribution < -0.4 is 0 Å². The summed E-state index contributed by atoms with van der Waals surface area (Å²) in [4.78, 5) is 13.3. The third-order valence-corrected chi connectivity index (χ3v) is 3.12. The number of carbonyl (C=O) groups excluding carboxylic acids is 1. The van der Waals surface area contributed by atoms with Crippen LogP contribution >= 0.6 is 0 Å². The molecular formula is C12H23NO. The summed E-state index contributed by atoms with van der Waals surface area (Å²) in [6.07, 6.45) is 9.83. The minimum atomic E-state index is 0.210. The molecule has 0 aromatic rings. The summed E-state index contributed by atoms with van der Waals surface area (Å²) in [6.45, 7) is 4.47. The van der Waals surface area contributed by atoms with Crippen molar-refractivity contribution >= 4 is 6.29 Å². The molecule has 82 valence electrons. The SMILES string of the molecule is CCCCCC(C=O)N1CCCCC1. The molecule has 2 heteroatoms. The molecule has 0 aromatic carbocycles. The number of aldehydes is 1. The molecule has 1 aliphatic rings. The predicted molar refractivity (Wildman–Crippen MR) is 59.4 cm³/mol. The molecule has 2 nitrogen and oxygen atoms in total. The highest BCUT2D eigenvalue weighted by atomic mass is 16.1. The number of hydrogen-bond donors (Lipinski definition) is 0. The zero-order valence-corrected chi connectivity index (χ0v) is 9.37. The van der Waals surface area contributed by atoms with E-state index in [1.54, 1.807) is 0 Å². The Kier molecular flexibility index (Phi) is 5.85. The summed E-state index contributed by atoms with van der Waals surface area (Å²) in [5, 5.41) is 0. The first-order valence-corrected chi connectivity index (χ1v) is 6.08. The van der Waals surface area contributed by atoms with Crippen molar-refractivity contribution in [3.63, 3.8) is 0 Å². The molecule has 1 unspecified atom stereocenters. The van der Waals surface area contributed by atoms with E-state index >= 15 is 0 Å². The van der Waals surface area contributed by atoms with E-state index in [0.29, 0.717) is 0 Å². The number of nitrogens with zero attached hydrogens (tertiary/aromatic N) is 1. The Hall–Kier alpha value is -0.370. The van der Waals surface area contributed by atoms with Crippen molar-refractivity contribution in [2.75, 3.05) is 13.1 Å². The molecule has 1 aliphatic heterocycles. The van der Waals surface area contributed by atoms with Crippen LogP contribution in [-0.2, 0) is 4.79 Å². The van der Waals surface area contributed by atoms with Gasteiger partial charge in [-0.1, -0.05) is 32.6 Å². The van der Waals surface area contributed by atoms with Crippen LogP contribution in [0.25, 0.3) is 0 Å². The lowest BCUT2D eigenvalue weighted by Gasteiger charge is -2.31. The molecule has 14 heavy (non-hydrogen) atoms. The molecule has 0 saturated carbocycles. The second kappa shape index (κ2) is 6.99. The van der Waals surface area contributed by atoms with E-state index in [4.69, 9.17) is 0 Å². The molecule has 1 atom stereocenters. The van der Waals surface area contributed by atoms with Gasteiger partial charge in [0.25, 0.3) is 0 Å². The fourth-order valence-electron chi connectivity index (χ4n) is 2.19. The Labute approximate surface area is 87.7 Å². The van der Waals surface area contributed by atoms with Crippen LogP contribution in [0.15, 0.2) is 0 Å². The van der Waals surface area contributed by atoms with E-state index in [-0.39, 0.29) is 6.04 Å². The van der Waals surface area contributed by atoms with Crippen molar-refractivity contribution in [2.24, 2.45) is 0 Å². The van der Waals surface area contributed by atoms with E-state index < -0.39 is 0 Å². The van der Waals surface area contributed by atoms with E-state index in [1.165, 1.54) is 38.5 Å². The average Bonchev–Trinajstić information content (AvgIpc) is 2.26. The Bertz CT molecular complexity index is 152. The van der Waals surface area contributed by atoms with Crippen LogP contribution in [0.5, 0.6) is 0 Å². The van der Waals surface area contributed by atoms with Crippen molar-refractivity contribution in [3.8, 4) is 0 Å². The maximum Gasteiger partial charge on any atom is 0.137 e. The van der Waals surface area contributed by atoms with Gasteiger partial charge in [0, 0.05) is 0 Å². The molecule has 0 bridgehead atoms. The maximum absolute atomic E-state index is 11.0. The molecule has 0 N–H and O–H groups in total. The van der Waals surface area contributed by atoms with Crippen molar-refractivity contribution in [2.45, 2.75) is 57.9 Å². The maximum atomic E-state index is 11.0. The van der Waals surface area contributed by atoms with Crippen LogP contribution in [0.4, 0.5) is 0 Å². The van der Waals surface area contributed by atoms with Gasteiger partial charge in [-0.2, -0.15) is 0 Å². The van der Waals surface area contributed by atoms with Gasteiger partial charge >= 0.3 is 0 Å². The summed E-state index contributed by atoms with van der Waals surface area (Å²) >= 11 is 0. The zero-order valence-electron chi connectivity index (χ0n) is 9.37. The zero-order chi connectivity index (χ0) is 10.2. The summed E-state index contributed by atoms with van der Waals surface area (Å²) < 4.78 is 0. The molecule has 1 rings (SSSR count). The van der Waals surface area contributed by atoms with Gasteiger partial charge in [0.15, 0.2) is 0 Å². The highest BCUT2D eigenvalue weighted by molar-refractivity contribution is 5.57.